The second-order valence-electron chi connectivity index (χ2n) is 7.86. The van der Waals surface area contributed by atoms with E-state index in [0.717, 1.165) is 4.68 Å². The lowest BCUT2D eigenvalue weighted by Crippen LogP contribution is -2.22. The SMILES string of the molecule is CCc1nc2ccc(Br)cc2c(=O)n1N=Cc1cc(Br)c(OCC(=O)Nc2ccc(F)cc2)c([N+](=O)[O-])c1. The topological polar surface area (TPSA) is 129 Å². The fraction of sp³-hybridized carbons (Fsp3) is 0.120. The summed E-state index contributed by atoms with van der Waals surface area (Å²) >= 11 is 6.60. The first-order valence-electron chi connectivity index (χ1n) is 11.1. The Morgan fingerprint density at radius 1 is 1.21 bits per heavy atom. The number of fused-ring (bicyclic) bond motifs is 1. The van der Waals surface area contributed by atoms with E-state index in [-0.39, 0.29) is 15.8 Å². The first kappa shape index (κ1) is 27.1. The number of anilines is 1. The van der Waals surface area contributed by atoms with Crippen molar-refractivity contribution in [3.63, 3.8) is 0 Å². The molecule has 0 spiro atoms. The second-order valence-corrected chi connectivity index (χ2v) is 9.63. The summed E-state index contributed by atoms with van der Waals surface area (Å²) in [4.78, 5) is 40.9. The lowest BCUT2D eigenvalue weighted by Gasteiger charge is -2.10. The zero-order chi connectivity index (χ0) is 27.4. The van der Waals surface area contributed by atoms with E-state index in [1.54, 1.807) is 18.2 Å². The molecule has 10 nitrogen and oxygen atoms in total. The van der Waals surface area contributed by atoms with Crippen LogP contribution in [0.5, 0.6) is 5.75 Å². The number of amides is 1. The summed E-state index contributed by atoms with van der Waals surface area (Å²) in [6, 6.07) is 13.0. The van der Waals surface area contributed by atoms with Crippen LogP contribution >= 0.6 is 31.9 Å². The third-order valence-corrected chi connectivity index (χ3v) is 6.31. The van der Waals surface area contributed by atoms with E-state index in [2.05, 4.69) is 47.3 Å². The highest BCUT2D eigenvalue weighted by Crippen LogP contribution is 2.36. The van der Waals surface area contributed by atoms with Gasteiger partial charge in [0, 0.05) is 28.2 Å². The van der Waals surface area contributed by atoms with E-state index in [4.69, 9.17) is 4.74 Å². The van der Waals surface area contributed by atoms with Gasteiger partial charge in [0.2, 0.25) is 5.75 Å². The van der Waals surface area contributed by atoms with E-state index in [0.29, 0.717) is 38.9 Å². The maximum absolute atomic E-state index is 13.1. The molecule has 1 heterocycles. The number of nitrogens with one attached hydrogen (secondary N) is 1. The zero-order valence-electron chi connectivity index (χ0n) is 19.7. The molecule has 0 aliphatic rings. The molecular formula is C25H18Br2FN5O5. The van der Waals surface area contributed by atoms with Crippen LogP contribution in [0.15, 0.2) is 73.4 Å². The number of rotatable bonds is 8. The minimum atomic E-state index is -0.659. The van der Waals surface area contributed by atoms with Crippen LogP contribution in [0.2, 0.25) is 0 Å². The van der Waals surface area contributed by atoms with Crippen LogP contribution in [0.3, 0.4) is 0 Å². The first-order valence-corrected chi connectivity index (χ1v) is 12.7. The molecule has 0 saturated heterocycles. The number of carbonyl (C=O) groups is 1. The van der Waals surface area contributed by atoms with Crippen molar-refractivity contribution in [1.29, 1.82) is 0 Å². The highest BCUT2D eigenvalue weighted by Gasteiger charge is 2.21. The number of hydrogen-bond donors (Lipinski definition) is 1. The normalized spacial score (nSPS) is 11.2. The molecule has 0 saturated carbocycles. The summed E-state index contributed by atoms with van der Waals surface area (Å²) in [7, 11) is 0. The number of benzene rings is 3. The van der Waals surface area contributed by atoms with E-state index in [1.807, 2.05) is 6.92 Å². The van der Waals surface area contributed by atoms with Gasteiger partial charge in [0.15, 0.2) is 6.61 Å². The predicted octanol–water partition coefficient (Wildman–Crippen LogP) is 5.43. The van der Waals surface area contributed by atoms with Crippen LogP contribution in [0.4, 0.5) is 15.8 Å². The fourth-order valence-corrected chi connectivity index (χ4v) is 4.43. The Bertz CT molecular complexity index is 1640. The van der Waals surface area contributed by atoms with Crippen molar-refractivity contribution >= 4 is 66.3 Å². The third-order valence-electron chi connectivity index (χ3n) is 5.23. The highest BCUT2D eigenvalue weighted by atomic mass is 79.9. The van der Waals surface area contributed by atoms with Crippen LogP contribution in [0.25, 0.3) is 10.9 Å². The van der Waals surface area contributed by atoms with E-state index in [9.17, 15) is 24.1 Å². The van der Waals surface area contributed by atoms with Gasteiger partial charge in [-0.25, -0.2) is 9.37 Å². The number of aryl methyl sites for hydroxylation is 1. The molecule has 4 rings (SSSR count). The Kier molecular flexibility index (Phi) is 8.27. The van der Waals surface area contributed by atoms with Crippen molar-refractivity contribution in [3.8, 4) is 5.75 Å². The summed E-state index contributed by atoms with van der Waals surface area (Å²) in [6.45, 7) is 1.30. The van der Waals surface area contributed by atoms with Crippen molar-refractivity contribution < 1.29 is 18.8 Å². The van der Waals surface area contributed by atoms with Gasteiger partial charge in [0.1, 0.15) is 11.6 Å². The quantitative estimate of drug-likeness (QED) is 0.154. The average molecular weight is 647 g/mol. The van der Waals surface area contributed by atoms with Crippen LogP contribution in [0.1, 0.15) is 18.3 Å². The number of aromatic nitrogens is 2. The molecule has 3 aromatic carbocycles. The van der Waals surface area contributed by atoms with Crippen LogP contribution in [-0.4, -0.2) is 33.3 Å². The van der Waals surface area contributed by atoms with Crippen molar-refractivity contribution in [2.75, 3.05) is 11.9 Å². The van der Waals surface area contributed by atoms with Gasteiger partial charge in [-0.05, 0) is 64.5 Å². The predicted molar refractivity (Wildman–Crippen MR) is 147 cm³/mol. The largest absolute Gasteiger partial charge is 0.476 e. The minimum absolute atomic E-state index is 0.162. The Hall–Kier alpha value is -3.97. The smallest absolute Gasteiger partial charge is 0.312 e. The van der Waals surface area contributed by atoms with Gasteiger partial charge in [0.25, 0.3) is 11.5 Å². The highest BCUT2D eigenvalue weighted by molar-refractivity contribution is 9.10. The summed E-state index contributed by atoms with van der Waals surface area (Å²) in [5.41, 5.74) is 0.376. The van der Waals surface area contributed by atoms with E-state index in [1.165, 1.54) is 42.6 Å². The van der Waals surface area contributed by atoms with Crippen LogP contribution < -0.4 is 15.6 Å². The monoisotopic (exact) mass is 645 g/mol. The average Bonchev–Trinajstić information content (AvgIpc) is 2.88. The molecule has 0 atom stereocenters. The van der Waals surface area contributed by atoms with Gasteiger partial charge in [-0.1, -0.05) is 22.9 Å². The van der Waals surface area contributed by atoms with Gasteiger partial charge in [-0.3, -0.25) is 19.7 Å². The number of nitro benzene ring substituents is 1. The third kappa shape index (κ3) is 6.11. The molecule has 194 valence electrons. The fourth-order valence-electron chi connectivity index (χ4n) is 3.49. The van der Waals surface area contributed by atoms with Gasteiger partial charge < -0.3 is 10.1 Å². The van der Waals surface area contributed by atoms with E-state index >= 15 is 0 Å². The molecule has 4 aromatic rings. The minimum Gasteiger partial charge on any atom is -0.476 e. The Labute approximate surface area is 231 Å². The molecule has 0 bridgehead atoms. The molecule has 13 heteroatoms. The van der Waals surface area contributed by atoms with Gasteiger partial charge in [0.05, 0.1) is 26.5 Å². The van der Waals surface area contributed by atoms with Crippen molar-refractivity contribution in [1.82, 2.24) is 9.66 Å². The van der Waals surface area contributed by atoms with Crippen molar-refractivity contribution in [2.24, 2.45) is 5.10 Å². The molecule has 38 heavy (non-hydrogen) atoms. The number of nitrogens with zero attached hydrogens (tertiary/aromatic N) is 4. The number of carbonyl (C=O) groups excluding carboxylic acids is 1. The molecule has 0 radical (unpaired) electrons. The Balaban J connectivity index is 1.60. The summed E-state index contributed by atoms with van der Waals surface area (Å²) in [6.07, 6.45) is 1.73. The Morgan fingerprint density at radius 3 is 2.63 bits per heavy atom. The van der Waals surface area contributed by atoms with Crippen LogP contribution in [-0.2, 0) is 11.2 Å². The number of ether oxygens (including phenoxy) is 1. The molecule has 1 amide bonds. The first-order chi connectivity index (χ1) is 18.2. The number of hydrogen-bond acceptors (Lipinski definition) is 7. The van der Waals surface area contributed by atoms with Gasteiger partial charge >= 0.3 is 5.69 Å². The molecule has 0 aliphatic carbocycles. The molecule has 1 aromatic heterocycles. The van der Waals surface area contributed by atoms with E-state index < -0.39 is 28.9 Å². The molecule has 1 N–H and O–H groups in total. The number of halogens is 3. The molecule has 0 unspecified atom stereocenters. The van der Waals surface area contributed by atoms with Crippen LogP contribution in [0, 0.1) is 15.9 Å². The van der Waals surface area contributed by atoms with Crippen molar-refractivity contribution in [2.45, 2.75) is 13.3 Å². The van der Waals surface area contributed by atoms with Gasteiger partial charge in [-0.15, -0.1) is 0 Å². The summed E-state index contributed by atoms with van der Waals surface area (Å²) < 4.78 is 20.5. The maximum atomic E-state index is 13.1. The van der Waals surface area contributed by atoms with Gasteiger partial charge in [-0.2, -0.15) is 9.78 Å². The lowest BCUT2D eigenvalue weighted by atomic mass is 10.2. The zero-order valence-corrected chi connectivity index (χ0v) is 22.8. The lowest BCUT2D eigenvalue weighted by molar-refractivity contribution is -0.385. The Morgan fingerprint density at radius 2 is 1.95 bits per heavy atom. The second kappa shape index (κ2) is 11.6. The maximum Gasteiger partial charge on any atom is 0.312 e. The summed E-state index contributed by atoms with van der Waals surface area (Å²) in [5.74, 6) is -0.791. The molecule has 0 fully saturated rings. The standard InChI is InChI=1S/C25H18Br2FN5O5/c1-2-22-31-20-8-3-15(26)11-18(20)25(35)32(22)29-12-14-9-19(27)24(21(10-14)33(36)37)38-13-23(34)30-17-6-4-16(28)5-7-17/h3-12H,2,13H2,1H3,(H,30,34). The summed E-state index contributed by atoms with van der Waals surface area (Å²) in [5, 5.41) is 18.9. The number of nitro groups is 1. The van der Waals surface area contributed by atoms with Crippen molar-refractivity contribution in [3.05, 3.63) is 101 Å². The molecule has 0 aliphatic heterocycles. The molecular weight excluding hydrogens is 629 g/mol.